The lowest BCUT2D eigenvalue weighted by molar-refractivity contribution is -0.120. The van der Waals surface area contributed by atoms with E-state index in [1.165, 1.54) is 0 Å². The molecule has 130 valence electrons. The maximum atomic E-state index is 12.9. The highest BCUT2D eigenvalue weighted by molar-refractivity contribution is 6.04. The van der Waals surface area contributed by atoms with Crippen LogP contribution in [0.4, 0.5) is 11.4 Å². The molecular weight excluding hydrogens is 314 g/mol. The minimum Gasteiger partial charge on any atom is -0.377 e. The number of carbonyl (C=O) groups excluding carboxylic acids is 2. The molecule has 2 aromatic carbocycles. The number of carbonyl (C=O) groups is 2. The van der Waals surface area contributed by atoms with Gasteiger partial charge >= 0.3 is 0 Å². The van der Waals surface area contributed by atoms with E-state index in [-0.39, 0.29) is 18.4 Å². The summed E-state index contributed by atoms with van der Waals surface area (Å²) in [5.74, 6) is -0.146. The average Bonchev–Trinajstić information content (AvgIpc) is 2.62. The Morgan fingerprint density at radius 2 is 1.68 bits per heavy atom. The predicted molar refractivity (Wildman–Crippen MR) is 100 cm³/mol. The molecule has 25 heavy (non-hydrogen) atoms. The van der Waals surface area contributed by atoms with Gasteiger partial charge in [0, 0.05) is 38.6 Å². The molecule has 5 heteroatoms. The normalized spacial score (nSPS) is 14.6. The molecule has 0 saturated carbocycles. The monoisotopic (exact) mass is 337 g/mol. The first-order valence-corrected chi connectivity index (χ1v) is 8.40. The Bertz CT molecular complexity index is 784. The van der Waals surface area contributed by atoms with Crippen LogP contribution in [0.1, 0.15) is 15.9 Å². The molecule has 3 rings (SSSR count). The van der Waals surface area contributed by atoms with Gasteiger partial charge < -0.3 is 14.7 Å². The Hall–Kier alpha value is -2.82. The molecule has 0 aromatic heterocycles. The molecule has 0 radical (unpaired) electrons. The first kappa shape index (κ1) is 17.0. The second kappa shape index (κ2) is 6.97. The number of hydrogen-bond acceptors (Lipinski definition) is 3. The first-order chi connectivity index (χ1) is 12.0. The van der Waals surface area contributed by atoms with E-state index in [2.05, 4.69) is 0 Å². The molecule has 1 heterocycles. The van der Waals surface area contributed by atoms with Crippen molar-refractivity contribution in [1.82, 2.24) is 4.90 Å². The molecule has 0 spiro atoms. The maximum Gasteiger partial charge on any atom is 0.256 e. The number of piperazine rings is 1. The standard InChI is InChI=1S/C20H23N3O2/c1-15-8-10-16(11-9-15)23-13-12-22(14-19(23)24)20(25)17-6-4-5-7-18(17)21(2)3/h4-11H,12-14H2,1-3H3. The van der Waals surface area contributed by atoms with E-state index in [1.54, 1.807) is 9.80 Å². The van der Waals surface area contributed by atoms with Gasteiger partial charge in [0.15, 0.2) is 0 Å². The second-order valence-corrected chi connectivity index (χ2v) is 6.52. The van der Waals surface area contributed by atoms with E-state index in [0.717, 1.165) is 16.9 Å². The second-order valence-electron chi connectivity index (χ2n) is 6.52. The summed E-state index contributed by atoms with van der Waals surface area (Å²) in [6.45, 7) is 3.16. The number of benzene rings is 2. The van der Waals surface area contributed by atoms with Crippen LogP contribution in [0, 0.1) is 6.92 Å². The van der Waals surface area contributed by atoms with Crippen LogP contribution in [0.15, 0.2) is 48.5 Å². The Labute approximate surface area is 148 Å². The van der Waals surface area contributed by atoms with Crippen molar-refractivity contribution in [1.29, 1.82) is 0 Å². The van der Waals surface area contributed by atoms with Crippen molar-refractivity contribution in [3.05, 3.63) is 59.7 Å². The minimum absolute atomic E-state index is 0.0502. The van der Waals surface area contributed by atoms with Crippen molar-refractivity contribution in [3.63, 3.8) is 0 Å². The highest BCUT2D eigenvalue weighted by Crippen LogP contribution is 2.22. The Morgan fingerprint density at radius 1 is 1.00 bits per heavy atom. The summed E-state index contributed by atoms with van der Waals surface area (Å²) >= 11 is 0. The van der Waals surface area contributed by atoms with Crippen LogP contribution < -0.4 is 9.80 Å². The number of nitrogens with zero attached hydrogens (tertiary/aromatic N) is 3. The van der Waals surface area contributed by atoms with E-state index in [1.807, 2.05) is 74.4 Å². The Kier molecular flexibility index (Phi) is 4.74. The van der Waals surface area contributed by atoms with Gasteiger partial charge in [-0.2, -0.15) is 0 Å². The third kappa shape index (κ3) is 3.50. The zero-order chi connectivity index (χ0) is 18.0. The van der Waals surface area contributed by atoms with Crippen LogP contribution >= 0.6 is 0 Å². The van der Waals surface area contributed by atoms with Crippen molar-refractivity contribution >= 4 is 23.2 Å². The SMILES string of the molecule is Cc1ccc(N2CCN(C(=O)c3ccccc3N(C)C)CC2=O)cc1. The molecule has 5 nitrogen and oxygen atoms in total. The number of amides is 2. The zero-order valence-corrected chi connectivity index (χ0v) is 14.9. The Balaban J connectivity index is 1.76. The molecule has 1 saturated heterocycles. The summed E-state index contributed by atoms with van der Waals surface area (Å²) in [6, 6.07) is 15.4. The summed E-state index contributed by atoms with van der Waals surface area (Å²) in [5.41, 5.74) is 3.53. The summed E-state index contributed by atoms with van der Waals surface area (Å²) in [6.07, 6.45) is 0. The van der Waals surface area contributed by atoms with E-state index in [9.17, 15) is 9.59 Å². The fourth-order valence-electron chi connectivity index (χ4n) is 3.06. The molecule has 1 aliphatic rings. The van der Waals surface area contributed by atoms with Crippen molar-refractivity contribution < 1.29 is 9.59 Å². The first-order valence-electron chi connectivity index (χ1n) is 8.40. The van der Waals surface area contributed by atoms with Gasteiger partial charge in [-0.25, -0.2) is 0 Å². The third-order valence-electron chi connectivity index (χ3n) is 4.47. The molecule has 2 aromatic rings. The summed E-state index contributed by atoms with van der Waals surface area (Å²) < 4.78 is 0. The predicted octanol–water partition coefficient (Wildman–Crippen LogP) is 2.55. The van der Waals surface area contributed by atoms with Gasteiger partial charge in [-0.3, -0.25) is 9.59 Å². The van der Waals surface area contributed by atoms with Crippen LogP contribution in [0.25, 0.3) is 0 Å². The van der Waals surface area contributed by atoms with Gasteiger partial charge in [0.05, 0.1) is 5.56 Å². The number of anilines is 2. The molecule has 0 aliphatic carbocycles. The number of aryl methyl sites for hydroxylation is 1. The van der Waals surface area contributed by atoms with Gasteiger partial charge in [0.25, 0.3) is 5.91 Å². The van der Waals surface area contributed by atoms with Crippen molar-refractivity contribution in [2.45, 2.75) is 6.92 Å². The fourth-order valence-corrected chi connectivity index (χ4v) is 3.06. The van der Waals surface area contributed by atoms with Crippen molar-refractivity contribution in [2.24, 2.45) is 0 Å². The number of rotatable bonds is 3. The number of para-hydroxylation sites is 1. The van der Waals surface area contributed by atoms with E-state index in [4.69, 9.17) is 0 Å². The van der Waals surface area contributed by atoms with Crippen LogP contribution in [-0.2, 0) is 4.79 Å². The largest absolute Gasteiger partial charge is 0.377 e. The smallest absolute Gasteiger partial charge is 0.256 e. The van der Waals surface area contributed by atoms with E-state index >= 15 is 0 Å². The zero-order valence-electron chi connectivity index (χ0n) is 14.9. The minimum atomic E-state index is -0.0961. The average molecular weight is 337 g/mol. The quantitative estimate of drug-likeness (QED) is 0.864. The maximum absolute atomic E-state index is 12.9. The lowest BCUT2D eigenvalue weighted by Gasteiger charge is -2.35. The van der Waals surface area contributed by atoms with Gasteiger partial charge in [-0.15, -0.1) is 0 Å². The van der Waals surface area contributed by atoms with Gasteiger partial charge in [0.1, 0.15) is 6.54 Å². The lowest BCUT2D eigenvalue weighted by atomic mass is 10.1. The molecule has 0 unspecified atom stereocenters. The molecule has 2 amide bonds. The summed E-state index contributed by atoms with van der Waals surface area (Å²) in [7, 11) is 3.82. The highest BCUT2D eigenvalue weighted by Gasteiger charge is 2.29. The van der Waals surface area contributed by atoms with E-state index < -0.39 is 0 Å². The van der Waals surface area contributed by atoms with Crippen molar-refractivity contribution in [2.75, 3.05) is 43.5 Å². The summed E-state index contributed by atoms with van der Waals surface area (Å²) in [5, 5.41) is 0. The molecule has 0 atom stereocenters. The molecule has 1 fully saturated rings. The summed E-state index contributed by atoms with van der Waals surface area (Å²) in [4.78, 5) is 30.8. The van der Waals surface area contributed by atoms with Gasteiger partial charge in [0.2, 0.25) is 5.91 Å². The van der Waals surface area contributed by atoms with Crippen molar-refractivity contribution in [3.8, 4) is 0 Å². The fraction of sp³-hybridized carbons (Fsp3) is 0.300. The topological polar surface area (TPSA) is 43.9 Å². The van der Waals surface area contributed by atoms with Crippen LogP contribution in [0.5, 0.6) is 0 Å². The lowest BCUT2D eigenvalue weighted by Crippen LogP contribution is -2.52. The van der Waals surface area contributed by atoms with Gasteiger partial charge in [-0.05, 0) is 31.2 Å². The van der Waals surface area contributed by atoms with E-state index in [0.29, 0.717) is 18.7 Å². The molecule has 1 aliphatic heterocycles. The molecule has 0 bridgehead atoms. The van der Waals surface area contributed by atoms with Crippen LogP contribution in [-0.4, -0.2) is 50.4 Å². The molecule has 0 N–H and O–H groups in total. The molecular formula is C20H23N3O2. The highest BCUT2D eigenvalue weighted by atomic mass is 16.2. The van der Waals surface area contributed by atoms with Gasteiger partial charge in [-0.1, -0.05) is 29.8 Å². The van der Waals surface area contributed by atoms with Crippen LogP contribution in [0.3, 0.4) is 0 Å². The number of hydrogen-bond donors (Lipinski definition) is 0. The third-order valence-corrected chi connectivity index (χ3v) is 4.47. The Morgan fingerprint density at radius 3 is 2.32 bits per heavy atom. The van der Waals surface area contributed by atoms with Crippen LogP contribution in [0.2, 0.25) is 0 Å².